The number of nitrogens with zero attached hydrogens (tertiary/aromatic N) is 5. The molecule has 1 aliphatic carbocycles. The minimum absolute atomic E-state index is 0.205. The second-order valence-corrected chi connectivity index (χ2v) is 10.1. The van der Waals surface area contributed by atoms with E-state index in [-0.39, 0.29) is 6.03 Å². The van der Waals surface area contributed by atoms with E-state index in [1.54, 1.807) is 0 Å². The summed E-state index contributed by atoms with van der Waals surface area (Å²) in [6.45, 7) is 2.26. The van der Waals surface area contributed by atoms with Gasteiger partial charge in [0, 0.05) is 37.2 Å². The second kappa shape index (κ2) is 8.26. The van der Waals surface area contributed by atoms with Crippen LogP contribution in [0.2, 0.25) is 0 Å². The Morgan fingerprint density at radius 3 is 2.77 bits per heavy atom. The van der Waals surface area contributed by atoms with Crippen LogP contribution in [-0.4, -0.2) is 69.2 Å². The number of likely N-dealkylation sites (N-methyl/N-ethyl adjacent to an activating group) is 1. The van der Waals surface area contributed by atoms with Gasteiger partial charge >= 0.3 is 6.03 Å². The molecule has 0 bridgehead atoms. The van der Waals surface area contributed by atoms with E-state index in [0.29, 0.717) is 24.3 Å². The van der Waals surface area contributed by atoms with Crippen LogP contribution in [0.3, 0.4) is 0 Å². The van der Waals surface area contributed by atoms with Gasteiger partial charge in [-0.2, -0.15) is 22.0 Å². The van der Waals surface area contributed by atoms with Crippen molar-refractivity contribution < 1.29 is 4.79 Å². The number of nitrogens with one attached hydrogen (secondary N) is 2. The molecule has 8 nitrogen and oxygen atoms in total. The highest BCUT2D eigenvalue weighted by Crippen LogP contribution is 2.46. The number of aromatic nitrogens is 4. The molecule has 9 heteroatoms. The van der Waals surface area contributed by atoms with Gasteiger partial charge in [-0.1, -0.05) is 0 Å². The van der Waals surface area contributed by atoms with E-state index in [4.69, 9.17) is 5.10 Å². The number of thioether (sulfide) groups is 1. The fourth-order valence-electron chi connectivity index (χ4n) is 4.49. The number of carbonyl (C=O) groups excluding carboxylic acids is 1. The number of anilines is 1. The predicted octanol–water partition coefficient (Wildman–Crippen LogP) is 2.93. The lowest BCUT2D eigenvalue weighted by Crippen LogP contribution is -2.34. The van der Waals surface area contributed by atoms with Crippen molar-refractivity contribution in [2.45, 2.75) is 50.6 Å². The Bertz CT molecular complexity index is 924. The molecule has 1 saturated heterocycles. The van der Waals surface area contributed by atoms with E-state index < -0.39 is 0 Å². The lowest BCUT2D eigenvalue weighted by Gasteiger charge is -2.25. The highest BCUT2D eigenvalue weighted by molar-refractivity contribution is 7.99. The van der Waals surface area contributed by atoms with Crippen LogP contribution in [0.4, 0.5) is 10.6 Å². The third-order valence-electron chi connectivity index (χ3n) is 6.22. The smallest absolute Gasteiger partial charge is 0.320 e. The van der Waals surface area contributed by atoms with Gasteiger partial charge in [-0.3, -0.25) is 14.7 Å². The van der Waals surface area contributed by atoms with E-state index in [2.05, 4.69) is 20.4 Å². The first-order chi connectivity index (χ1) is 14.6. The zero-order valence-corrected chi connectivity index (χ0v) is 18.7. The van der Waals surface area contributed by atoms with Crippen LogP contribution in [0.5, 0.6) is 0 Å². The minimum atomic E-state index is -0.205. The van der Waals surface area contributed by atoms with Crippen LogP contribution >= 0.6 is 11.8 Å². The molecular formula is C21H31N7OS. The minimum Gasteiger partial charge on any atom is -0.337 e. The number of amides is 2. The molecular weight excluding hydrogens is 398 g/mol. The summed E-state index contributed by atoms with van der Waals surface area (Å²) in [7, 11) is 3.98. The molecule has 5 rings (SSSR count). The van der Waals surface area contributed by atoms with Crippen molar-refractivity contribution in [1.29, 1.82) is 0 Å². The molecule has 162 valence electrons. The summed E-state index contributed by atoms with van der Waals surface area (Å²) in [5.41, 5.74) is 5.09. The Morgan fingerprint density at radius 1 is 1.23 bits per heavy atom. The van der Waals surface area contributed by atoms with Gasteiger partial charge in [0.25, 0.3) is 0 Å². The summed E-state index contributed by atoms with van der Waals surface area (Å²) >= 11 is 2.04. The Kier molecular flexibility index (Phi) is 5.49. The molecule has 3 aliphatic rings. The highest BCUT2D eigenvalue weighted by Gasteiger charge is 2.36. The van der Waals surface area contributed by atoms with E-state index >= 15 is 0 Å². The van der Waals surface area contributed by atoms with Crippen LogP contribution in [-0.2, 0) is 13.0 Å². The number of fused-ring (bicyclic) bond motifs is 3. The third kappa shape index (κ3) is 3.97. The van der Waals surface area contributed by atoms with Gasteiger partial charge in [-0.25, -0.2) is 4.79 Å². The SMILES string of the molecule is CN(C)CCNC(=O)Nc1cc2n(n1)CCc1c(C3CC3)nn(C3CCSCC3)c1-2. The van der Waals surface area contributed by atoms with Gasteiger partial charge in [-0.15, -0.1) is 0 Å². The van der Waals surface area contributed by atoms with Crippen LogP contribution in [0.1, 0.15) is 48.9 Å². The van der Waals surface area contributed by atoms with Crippen molar-refractivity contribution in [1.82, 2.24) is 29.8 Å². The first-order valence-corrected chi connectivity index (χ1v) is 12.2. The molecule has 2 aromatic rings. The van der Waals surface area contributed by atoms with Gasteiger partial charge in [0.1, 0.15) is 0 Å². The van der Waals surface area contributed by atoms with Crippen molar-refractivity contribution in [3.05, 3.63) is 17.3 Å². The van der Waals surface area contributed by atoms with Crippen molar-refractivity contribution in [3.63, 3.8) is 0 Å². The van der Waals surface area contributed by atoms with E-state index in [1.807, 2.05) is 41.5 Å². The average molecular weight is 430 g/mol. The molecule has 4 heterocycles. The summed E-state index contributed by atoms with van der Waals surface area (Å²) in [6, 6.07) is 2.29. The first-order valence-electron chi connectivity index (χ1n) is 11.1. The van der Waals surface area contributed by atoms with Crippen molar-refractivity contribution >= 4 is 23.6 Å². The highest BCUT2D eigenvalue weighted by atomic mass is 32.2. The van der Waals surface area contributed by atoms with E-state index in [0.717, 1.165) is 25.2 Å². The van der Waals surface area contributed by atoms with Gasteiger partial charge in [-0.05, 0) is 57.7 Å². The first kappa shape index (κ1) is 19.9. The van der Waals surface area contributed by atoms with Crippen LogP contribution in [0.25, 0.3) is 11.4 Å². The fraction of sp³-hybridized carbons (Fsp3) is 0.667. The normalized spacial score (nSPS) is 18.9. The second-order valence-electron chi connectivity index (χ2n) is 8.85. The lowest BCUT2D eigenvalue weighted by atomic mass is 10.0. The molecule has 2 fully saturated rings. The molecule has 0 spiro atoms. The molecule has 0 atom stereocenters. The molecule has 2 aliphatic heterocycles. The standard InChI is InChI=1S/C21H31N7OS/c1-26(2)10-8-22-21(29)23-18-13-17-20-16(5-9-27(17)24-18)19(14-3-4-14)25-28(20)15-6-11-30-12-7-15/h13-15H,3-12H2,1-2H3,(H2,22,23,24,29). The molecule has 1 saturated carbocycles. The van der Waals surface area contributed by atoms with Crippen molar-refractivity contribution in [2.75, 3.05) is 44.0 Å². The predicted molar refractivity (Wildman–Crippen MR) is 120 cm³/mol. The summed E-state index contributed by atoms with van der Waals surface area (Å²) in [5, 5.41) is 15.6. The zero-order chi connectivity index (χ0) is 20.7. The Morgan fingerprint density at radius 2 is 2.03 bits per heavy atom. The summed E-state index contributed by atoms with van der Waals surface area (Å²) in [5.74, 6) is 3.67. The monoisotopic (exact) mass is 429 g/mol. The maximum absolute atomic E-state index is 12.3. The number of aryl methyl sites for hydroxylation is 1. The average Bonchev–Trinajstić information content (AvgIpc) is 3.37. The quantitative estimate of drug-likeness (QED) is 0.738. The molecule has 2 aromatic heterocycles. The molecule has 0 radical (unpaired) electrons. The Labute approximate surface area is 181 Å². The number of urea groups is 1. The van der Waals surface area contributed by atoms with Gasteiger partial charge in [0.2, 0.25) is 0 Å². The number of rotatable bonds is 6. The van der Waals surface area contributed by atoms with Gasteiger partial charge < -0.3 is 10.2 Å². The summed E-state index contributed by atoms with van der Waals surface area (Å²) < 4.78 is 4.36. The Balaban J connectivity index is 1.41. The lowest BCUT2D eigenvalue weighted by molar-refractivity contribution is 0.250. The number of carbonyl (C=O) groups is 1. The Hall–Kier alpha value is -2.00. The zero-order valence-electron chi connectivity index (χ0n) is 17.9. The van der Waals surface area contributed by atoms with Crippen molar-refractivity contribution in [2.24, 2.45) is 0 Å². The molecule has 2 amide bonds. The van der Waals surface area contributed by atoms with Gasteiger partial charge in [0.15, 0.2) is 5.82 Å². The number of hydrogen-bond acceptors (Lipinski definition) is 5. The number of hydrogen-bond donors (Lipinski definition) is 2. The van der Waals surface area contributed by atoms with Crippen LogP contribution in [0.15, 0.2) is 6.07 Å². The maximum atomic E-state index is 12.3. The van der Waals surface area contributed by atoms with Crippen molar-refractivity contribution in [3.8, 4) is 11.4 Å². The summed E-state index contributed by atoms with van der Waals surface area (Å²) in [6.07, 6.45) is 5.87. The molecule has 0 unspecified atom stereocenters. The molecule has 2 N–H and O–H groups in total. The largest absolute Gasteiger partial charge is 0.337 e. The third-order valence-corrected chi connectivity index (χ3v) is 7.27. The molecule has 0 aromatic carbocycles. The molecule has 30 heavy (non-hydrogen) atoms. The van der Waals surface area contributed by atoms with E-state index in [9.17, 15) is 4.79 Å². The topological polar surface area (TPSA) is 80.0 Å². The van der Waals surface area contributed by atoms with E-state index in [1.165, 1.54) is 54.1 Å². The maximum Gasteiger partial charge on any atom is 0.320 e. The van der Waals surface area contributed by atoms with Crippen LogP contribution in [0, 0.1) is 0 Å². The fourth-order valence-corrected chi connectivity index (χ4v) is 5.57. The van der Waals surface area contributed by atoms with Crippen LogP contribution < -0.4 is 10.6 Å². The van der Waals surface area contributed by atoms with Gasteiger partial charge in [0.05, 0.1) is 23.1 Å². The summed E-state index contributed by atoms with van der Waals surface area (Å²) in [4.78, 5) is 14.3.